The molecular weight excluding hydrogens is 406 g/mol. The molecule has 2 amide bonds. The summed E-state index contributed by atoms with van der Waals surface area (Å²) in [6, 6.07) is 8.55. The summed E-state index contributed by atoms with van der Waals surface area (Å²) in [5.74, 6) is -1.14. The largest absolute Gasteiger partial charge is 0.451 e. The van der Waals surface area contributed by atoms with Crippen LogP contribution in [-0.2, 0) is 9.53 Å². The van der Waals surface area contributed by atoms with Gasteiger partial charge >= 0.3 is 5.97 Å². The predicted octanol–water partition coefficient (Wildman–Crippen LogP) is 2.29. The van der Waals surface area contributed by atoms with Crippen molar-refractivity contribution in [3.05, 3.63) is 59.4 Å². The zero-order valence-electron chi connectivity index (χ0n) is 15.7. The molecule has 2 heterocycles. The van der Waals surface area contributed by atoms with Gasteiger partial charge < -0.3 is 15.4 Å². The lowest BCUT2D eigenvalue weighted by molar-refractivity contribution is -0.119. The molecule has 0 bridgehead atoms. The quantitative estimate of drug-likeness (QED) is 0.559. The molecule has 3 aromatic rings. The Balaban J connectivity index is 1.34. The van der Waals surface area contributed by atoms with Gasteiger partial charge in [-0.15, -0.1) is 11.3 Å². The van der Waals surface area contributed by atoms with Crippen LogP contribution in [0.5, 0.6) is 0 Å². The smallest absolute Gasteiger partial charge is 0.358 e. The van der Waals surface area contributed by atoms with Gasteiger partial charge in [0.25, 0.3) is 11.8 Å². The number of nitrogens with zero attached hydrogens (tertiary/aromatic N) is 3. The number of hydrogen-bond donors (Lipinski definition) is 2. The normalized spacial score (nSPS) is 12.8. The number of aromatic nitrogens is 3. The molecule has 2 N–H and O–H groups in total. The van der Waals surface area contributed by atoms with Crippen molar-refractivity contribution in [3.63, 3.8) is 0 Å². The van der Waals surface area contributed by atoms with Gasteiger partial charge in [0.05, 0.1) is 11.3 Å². The van der Waals surface area contributed by atoms with Gasteiger partial charge in [0.2, 0.25) is 0 Å². The fourth-order valence-corrected chi connectivity index (χ4v) is 3.29. The number of benzene rings is 1. The summed E-state index contributed by atoms with van der Waals surface area (Å²) in [5, 5.41) is 7.48. The second-order valence-electron chi connectivity index (χ2n) is 6.53. The van der Waals surface area contributed by atoms with Crippen LogP contribution in [0, 0.1) is 0 Å². The van der Waals surface area contributed by atoms with Crippen molar-refractivity contribution in [1.29, 1.82) is 0 Å². The molecule has 2 aromatic heterocycles. The summed E-state index contributed by atoms with van der Waals surface area (Å²) in [5.41, 5.74) is 0.782. The van der Waals surface area contributed by atoms with Crippen LogP contribution in [0.3, 0.4) is 0 Å². The van der Waals surface area contributed by atoms with Crippen molar-refractivity contribution in [3.8, 4) is 10.8 Å². The van der Waals surface area contributed by atoms with E-state index >= 15 is 0 Å². The van der Waals surface area contributed by atoms with Gasteiger partial charge in [-0.1, -0.05) is 12.1 Å². The number of hydrogen-bond acceptors (Lipinski definition) is 8. The lowest BCUT2D eigenvalue weighted by Gasteiger charge is -2.11. The van der Waals surface area contributed by atoms with Gasteiger partial charge in [0, 0.05) is 23.8 Å². The number of thiazole rings is 1. The minimum Gasteiger partial charge on any atom is -0.451 e. The second-order valence-corrected chi connectivity index (χ2v) is 7.39. The van der Waals surface area contributed by atoms with E-state index in [1.165, 1.54) is 16.7 Å². The van der Waals surface area contributed by atoms with E-state index in [4.69, 9.17) is 4.74 Å². The fraction of sp³-hybridized carbons (Fsp3) is 0.200. The van der Waals surface area contributed by atoms with E-state index in [1.54, 1.807) is 42.7 Å². The Bertz CT molecular complexity index is 1080. The Morgan fingerprint density at radius 3 is 2.63 bits per heavy atom. The van der Waals surface area contributed by atoms with Crippen LogP contribution in [0.1, 0.15) is 33.7 Å². The number of ether oxygens (including phenoxy) is 1. The predicted molar refractivity (Wildman–Crippen MR) is 109 cm³/mol. The first kappa shape index (κ1) is 19.6. The van der Waals surface area contributed by atoms with Crippen molar-refractivity contribution < 1.29 is 19.1 Å². The number of carbonyl (C=O) groups excluding carboxylic acids is 3. The average molecular weight is 423 g/mol. The Hall–Kier alpha value is -3.66. The van der Waals surface area contributed by atoms with Crippen LogP contribution in [0.15, 0.2) is 48.1 Å². The maximum absolute atomic E-state index is 12.3. The van der Waals surface area contributed by atoms with Crippen molar-refractivity contribution in [2.75, 3.05) is 11.9 Å². The summed E-state index contributed by atoms with van der Waals surface area (Å²) in [7, 11) is 0. The standard InChI is InChI=1S/C20H17N5O4S/c26-16(24-14-5-2-1-4-13(14)18(27)23-12-6-7-12)10-29-20(28)15-11-30-19(25-15)17-21-8-3-9-22-17/h1-5,8-9,11-12H,6-7,10H2,(H,23,27)(H,24,26). The van der Waals surface area contributed by atoms with Gasteiger partial charge in [-0.3, -0.25) is 9.59 Å². The first-order valence-corrected chi connectivity index (χ1v) is 10.1. The highest BCUT2D eigenvalue weighted by Crippen LogP contribution is 2.22. The Labute approximate surface area is 175 Å². The molecule has 1 aliphatic carbocycles. The Kier molecular flexibility index (Phi) is 5.75. The third-order valence-corrected chi connectivity index (χ3v) is 5.00. The number of carbonyl (C=O) groups is 3. The van der Waals surface area contributed by atoms with Crippen LogP contribution in [0.25, 0.3) is 10.8 Å². The van der Waals surface area contributed by atoms with Crippen molar-refractivity contribution in [2.45, 2.75) is 18.9 Å². The zero-order valence-corrected chi connectivity index (χ0v) is 16.5. The van der Waals surface area contributed by atoms with Crippen molar-refractivity contribution in [2.24, 2.45) is 0 Å². The molecule has 0 saturated heterocycles. The molecule has 1 aliphatic rings. The average Bonchev–Trinajstić information content (AvgIpc) is 3.44. The fourth-order valence-electron chi connectivity index (χ4n) is 2.55. The summed E-state index contributed by atoms with van der Waals surface area (Å²) in [6.45, 7) is -0.508. The molecule has 1 aromatic carbocycles. The van der Waals surface area contributed by atoms with Gasteiger partial charge in [-0.25, -0.2) is 19.7 Å². The lowest BCUT2D eigenvalue weighted by atomic mass is 10.1. The van der Waals surface area contributed by atoms with Gasteiger partial charge in [0.15, 0.2) is 23.1 Å². The number of esters is 1. The Morgan fingerprint density at radius 2 is 1.87 bits per heavy atom. The van der Waals surface area contributed by atoms with E-state index in [2.05, 4.69) is 25.6 Å². The Morgan fingerprint density at radius 1 is 1.10 bits per heavy atom. The molecule has 152 valence electrons. The summed E-state index contributed by atoms with van der Waals surface area (Å²) >= 11 is 1.20. The van der Waals surface area contributed by atoms with Gasteiger partial charge in [-0.2, -0.15) is 0 Å². The maximum atomic E-state index is 12.3. The van der Waals surface area contributed by atoms with Crippen LogP contribution < -0.4 is 10.6 Å². The monoisotopic (exact) mass is 423 g/mol. The van der Waals surface area contributed by atoms with Crippen LogP contribution >= 0.6 is 11.3 Å². The second kappa shape index (κ2) is 8.78. The minimum absolute atomic E-state index is 0.0689. The molecule has 30 heavy (non-hydrogen) atoms. The molecule has 0 spiro atoms. The van der Waals surface area contributed by atoms with E-state index in [-0.39, 0.29) is 17.6 Å². The highest BCUT2D eigenvalue weighted by Gasteiger charge is 2.25. The lowest BCUT2D eigenvalue weighted by Crippen LogP contribution is -2.28. The third kappa shape index (κ3) is 4.84. The SMILES string of the molecule is O=C(COC(=O)c1csc(-c2ncccn2)n1)Nc1ccccc1C(=O)NC1CC1. The molecular formula is C20H17N5O4S. The molecule has 1 saturated carbocycles. The van der Waals surface area contributed by atoms with Crippen LogP contribution in [-0.4, -0.2) is 45.4 Å². The topological polar surface area (TPSA) is 123 Å². The highest BCUT2D eigenvalue weighted by molar-refractivity contribution is 7.13. The molecule has 10 heteroatoms. The van der Waals surface area contributed by atoms with Crippen molar-refractivity contribution >= 4 is 34.8 Å². The number of para-hydroxylation sites is 1. The van der Waals surface area contributed by atoms with E-state index in [0.717, 1.165) is 12.8 Å². The first-order valence-electron chi connectivity index (χ1n) is 9.20. The van der Waals surface area contributed by atoms with Gasteiger partial charge in [0.1, 0.15) is 0 Å². The number of amides is 2. The molecule has 0 radical (unpaired) electrons. The zero-order chi connectivity index (χ0) is 20.9. The molecule has 0 aliphatic heterocycles. The molecule has 1 fully saturated rings. The van der Waals surface area contributed by atoms with E-state index in [0.29, 0.717) is 22.1 Å². The number of rotatable bonds is 7. The maximum Gasteiger partial charge on any atom is 0.358 e. The number of anilines is 1. The highest BCUT2D eigenvalue weighted by atomic mass is 32.1. The summed E-state index contributed by atoms with van der Waals surface area (Å²) in [4.78, 5) is 49.0. The van der Waals surface area contributed by atoms with Crippen LogP contribution in [0.2, 0.25) is 0 Å². The summed E-state index contributed by atoms with van der Waals surface area (Å²) < 4.78 is 5.04. The molecule has 9 nitrogen and oxygen atoms in total. The van der Waals surface area contributed by atoms with Crippen LogP contribution in [0.4, 0.5) is 5.69 Å². The van der Waals surface area contributed by atoms with E-state index in [1.807, 2.05) is 0 Å². The van der Waals surface area contributed by atoms with Gasteiger partial charge in [-0.05, 0) is 31.0 Å². The minimum atomic E-state index is -0.733. The number of nitrogens with one attached hydrogen (secondary N) is 2. The summed E-state index contributed by atoms with van der Waals surface area (Å²) in [6.07, 6.45) is 5.08. The van der Waals surface area contributed by atoms with E-state index < -0.39 is 18.5 Å². The third-order valence-electron chi connectivity index (χ3n) is 4.16. The first-order chi connectivity index (χ1) is 14.6. The molecule has 0 unspecified atom stereocenters. The molecule has 4 rings (SSSR count). The van der Waals surface area contributed by atoms with Crippen molar-refractivity contribution in [1.82, 2.24) is 20.3 Å². The molecule has 0 atom stereocenters. The van der Waals surface area contributed by atoms with E-state index in [9.17, 15) is 14.4 Å².